The molecule has 0 spiro atoms. The van der Waals surface area contributed by atoms with Gasteiger partial charge in [0.15, 0.2) is 5.75 Å². The predicted octanol–water partition coefficient (Wildman–Crippen LogP) is 6.99. The minimum atomic E-state index is -0.0207. The number of rotatable bonds is 12. The van der Waals surface area contributed by atoms with E-state index in [1.165, 1.54) is 11.1 Å². The Kier molecular flexibility index (Phi) is 13.2. The molecule has 1 N–H and O–H groups in total. The van der Waals surface area contributed by atoms with Crippen LogP contribution in [-0.4, -0.2) is 58.6 Å². The fourth-order valence-electron chi connectivity index (χ4n) is 5.19. The van der Waals surface area contributed by atoms with Crippen LogP contribution in [0.4, 0.5) is 0 Å². The van der Waals surface area contributed by atoms with Crippen molar-refractivity contribution in [2.24, 2.45) is 0 Å². The number of nitriles is 1. The molecule has 0 unspecified atom stereocenters. The van der Waals surface area contributed by atoms with Gasteiger partial charge >= 0.3 is 0 Å². The lowest BCUT2D eigenvalue weighted by atomic mass is 10.1. The van der Waals surface area contributed by atoms with Crippen molar-refractivity contribution in [2.75, 3.05) is 32.8 Å². The van der Waals surface area contributed by atoms with Crippen LogP contribution in [0.15, 0.2) is 85.1 Å². The van der Waals surface area contributed by atoms with Crippen molar-refractivity contribution in [1.82, 2.24) is 14.8 Å². The van der Waals surface area contributed by atoms with Crippen molar-refractivity contribution < 1.29 is 19.4 Å². The molecule has 47 heavy (non-hydrogen) atoms. The van der Waals surface area contributed by atoms with Crippen molar-refractivity contribution >= 4 is 36.0 Å². The maximum atomic E-state index is 12.9. The van der Waals surface area contributed by atoms with Crippen LogP contribution in [0.2, 0.25) is 5.02 Å². The third kappa shape index (κ3) is 10.3. The molecule has 244 valence electrons. The molecule has 1 saturated heterocycles. The molecule has 10 heteroatoms. The Morgan fingerprint density at radius 1 is 1.00 bits per heavy atom. The van der Waals surface area contributed by atoms with Gasteiger partial charge in [-0.15, -0.1) is 12.4 Å². The molecule has 1 aliphatic heterocycles. The molecule has 1 fully saturated rings. The lowest BCUT2D eigenvalue weighted by Gasteiger charge is -2.34. The van der Waals surface area contributed by atoms with Crippen LogP contribution in [0.5, 0.6) is 17.4 Å². The number of aromatic nitrogens is 1. The van der Waals surface area contributed by atoms with Gasteiger partial charge in [0, 0.05) is 51.5 Å². The summed E-state index contributed by atoms with van der Waals surface area (Å²) in [5.74, 6) is 1.45. The zero-order valence-electron chi connectivity index (χ0n) is 26.3. The molecule has 0 bridgehead atoms. The Morgan fingerprint density at radius 2 is 1.70 bits per heavy atom. The van der Waals surface area contributed by atoms with Crippen LogP contribution in [0, 0.1) is 18.3 Å². The number of hydrogen-bond donors (Lipinski definition) is 1. The first-order valence-electron chi connectivity index (χ1n) is 15.3. The maximum absolute atomic E-state index is 12.9. The summed E-state index contributed by atoms with van der Waals surface area (Å²) in [5, 5.41) is 18.4. The van der Waals surface area contributed by atoms with Crippen molar-refractivity contribution in [3.63, 3.8) is 0 Å². The van der Waals surface area contributed by atoms with Gasteiger partial charge in [-0.1, -0.05) is 48.0 Å². The van der Waals surface area contributed by atoms with Crippen molar-refractivity contribution in [2.45, 2.75) is 32.9 Å². The summed E-state index contributed by atoms with van der Waals surface area (Å²) in [6, 6.07) is 25.1. The summed E-state index contributed by atoms with van der Waals surface area (Å²) >= 11 is 6.59. The lowest BCUT2D eigenvalue weighted by molar-refractivity contribution is -0.127. The summed E-state index contributed by atoms with van der Waals surface area (Å²) in [5.41, 5.74) is 5.68. The van der Waals surface area contributed by atoms with Crippen molar-refractivity contribution in [3.05, 3.63) is 123 Å². The number of carbonyl (C=O) groups excluding carboxylic acids is 1. The normalized spacial score (nSPS) is 13.2. The van der Waals surface area contributed by atoms with Gasteiger partial charge < -0.3 is 19.5 Å². The number of pyridine rings is 1. The highest BCUT2D eigenvalue weighted by atomic mass is 35.5. The number of halogens is 2. The average molecular weight is 674 g/mol. The first kappa shape index (κ1) is 35.5. The second kappa shape index (κ2) is 17.5. The topological polar surface area (TPSA) is 98.9 Å². The van der Waals surface area contributed by atoms with Gasteiger partial charge in [0.2, 0.25) is 11.8 Å². The number of aliphatic hydroxyl groups excluding tert-OH is 1. The molecule has 8 nitrogen and oxygen atoms in total. The van der Waals surface area contributed by atoms with E-state index in [0.29, 0.717) is 47.7 Å². The molecule has 0 atom stereocenters. The van der Waals surface area contributed by atoms with E-state index in [1.807, 2.05) is 30.0 Å². The highest BCUT2D eigenvalue weighted by molar-refractivity contribution is 6.32. The zero-order chi connectivity index (χ0) is 32.3. The van der Waals surface area contributed by atoms with E-state index in [-0.39, 0.29) is 24.9 Å². The monoisotopic (exact) mass is 672 g/mol. The number of carbonyl (C=O) groups is 1. The average Bonchev–Trinajstić information content (AvgIpc) is 3.08. The van der Waals surface area contributed by atoms with E-state index in [9.17, 15) is 4.79 Å². The molecular weight excluding hydrogens is 635 g/mol. The summed E-state index contributed by atoms with van der Waals surface area (Å²) in [6.07, 6.45) is 6.65. The molecule has 1 aliphatic rings. The highest BCUT2D eigenvalue weighted by Crippen LogP contribution is 2.34. The van der Waals surface area contributed by atoms with Crippen LogP contribution < -0.4 is 9.47 Å². The number of aryl methyl sites for hydroxylation is 2. The number of amides is 1. The molecule has 4 aromatic rings. The van der Waals surface area contributed by atoms with Gasteiger partial charge in [0.25, 0.3) is 0 Å². The van der Waals surface area contributed by atoms with Gasteiger partial charge in [-0.25, -0.2) is 4.98 Å². The fourth-order valence-corrected chi connectivity index (χ4v) is 5.51. The first-order valence-corrected chi connectivity index (χ1v) is 15.7. The van der Waals surface area contributed by atoms with Crippen LogP contribution in [0.3, 0.4) is 0 Å². The van der Waals surface area contributed by atoms with Crippen LogP contribution in [0.25, 0.3) is 6.08 Å². The van der Waals surface area contributed by atoms with E-state index in [2.05, 4.69) is 40.2 Å². The fraction of sp³-hybridized carbons (Fsp3) is 0.270. The van der Waals surface area contributed by atoms with Gasteiger partial charge in [-0.2, -0.15) is 5.26 Å². The molecule has 3 aromatic carbocycles. The van der Waals surface area contributed by atoms with Crippen LogP contribution in [0.1, 0.15) is 39.8 Å². The molecule has 1 amide bonds. The molecule has 0 saturated carbocycles. The van der Waals surface area contributed by atoms with E-state index >= 15 is 0 Å². The van der Waals surface area contributed by atoms with Crippen LogP contribution >= 0.6 is 24.0 Å². The molecule has 2 heterocycles. The van der Waals surface area contributed by atoms with Gasteiger partial charge in [-0.05, 0) is 84.0 Å². The minimum absolute atomic E-state index is 0. The summed E-state index contributed by atoms with van der Waals surface area (Å²) in [6.45, 7) is 6.32. The summed E-state index contributed by atoms with van der Waals surface area (Å²) in [4.78, 5) is 21.5. The second-order valence-electron chi connectivity index (χ2n) is 11.3. The Bertz CT molecular complexity index is 1660. The SMILES string of the molecule is Cc1cc(/C=C/C(=O)N2CCN(Cc3ccc(CCCO)cc3)CC2)cc(Cl)c1Oc1ccc(OCc2ccc(C#N)cc2)cn1.Cl. The van der Waals surface area contributed by atoms with E-state index < -0.39 is 0 Å². The Labute approximate surface area is 287 Å². The third-order valence-electron chi connectivity index (χ3n) is 7.81. The summed E-state index contributed by atoms with van der Waals surface area (Å²) < 4.78 is 11.8. The predicted molar refractivity (Wildman–Crippen MR) is 186 cm³/mol. The third-order valence-corrected chi connectivity index (χ3v) is 8.09. The van der Waals surface area contributed by atoms with Gasteiger partial charge in [0.05, 0.1) is 22.9 Å². The van der Waals surface area contributed by atoms with Gasteiger partial charge in [-0.3, -0.25) is 9.69 Å². The zero-order valence-corrected chi connectivity index (χ0v) is 27.8. The Morgan fingerprint density at radius 3 is 2.34 bits per heavy atom. The lowest BCUT2D eigenvalue weighted by Crippen LogP contribution is -2.47. The Hall–Kier alpha value is -4.39. The largest absolute Gasteiger partial charge is 0.487 e. The number of hydrogen-bond acceptors (Lipinski definition) is 7. The molecule has 0 aliphatic carbocycles. The van der Waals surface area contributed by atoms with E-state index in [1.54, 1.807) is 48.7 Å². The Balaban J connectivity index is 0.00000500. The smallest absolute Gasteiger partial charge is 0.246 e. The van der Waals surface area contributed by atoms with E-state index in [4.69, 9.17) is 31.4 Å². The quantitative estimate of drug-likeness (QED) is 0.162. The molecular formula is C37H38Cl2N4O4. The number of piperazine rings is 1. The summed E-state index contributed by atoms with van der Waals surface area (Å²) in [7, 11) is 0. The number of ether oxygens (including phenoxy) is 2. The molecule has 0 radical (unpaired) electrons. The highest BCUT2D eigenvalue weighted by Gasteiger charge is 2.20. The number of nitrogens with zero attached hydrogens (tertiary/aromatic N) is 4. The van der Waals surface area contributed by atoms with Gasteiger partial charge in [0.1, 0.15) is 12.4 Å². The molecule has 5 rings (SSSR count). The van der Waals surface area contributed by atoms with Crippen molar-refractivity contribution in [3.8, 4) is 23.4 Å². The van der Waals surface area contributed by atoms with E-state index in [0.717, 1.165) is 49.2 Å². The van der Waals surface area contributed by atoms with Crippen molar-refractivity contribution in [1.29, 1.82) is 5.26 Å². The van der Waals surface area contributed by atoms with Crippen LogP contribution in [-0.2, 0) is 24.4 Å². The maximum Gasteiger partial charge on any atom is 0.246 e. The standard InChI is InChI=1S/C37H37ClN4O4.ClH/c1-27-21-32(12-15-36(44)42-18-16-41(17-19-42)25-30-8-4-28(5-9-30)3-2-20-43)22-34(38)37(27)46-35-14-13-33(24-40-35)45-26-31-10-6-29(23-39)7-11-31;/h4-15,21-22,24,43H,2-3,16-20,25-26H2,1H3;1H/b15-12+;. The first-order chi connectivity index (χ1) is 22.4. The second-order valence-corrected chi connectivity index (χ2v) is 11.7. The molecule has 1 aromatic heterocycles. The minimum Gasteiger partial charge on any atom is -0.487 e. The number of aliphatic hydroxyl groups is 1. The number of benzene rings is 3.